The molecule has 3 N–H and O–H groups in total. The Labute approximate surface area is 179 Å². The highest BCUT2D eigenvalue weighted by Gasteiger charge is 2.31. The highest BCUT2D eigenvalue weighted by molar-refractivity contribution is 14.0. The first kappa shape index (κ1) is 22.2. The lowest BCUT2D eigenvalue weighted by Gasteiger charge is -2.26. The number of carbonyl (C=O) groups is 2. The molecule has 0 radical (unpaired) electrons. The first-order chi connectivity index (χ1) is 12.7. The summed E-state index contributed by atoms with van der Waals surface area (Å²) in [6, 6.07) is 0.564. The van der Waals surface area contributed by atoms with Gasteiger partial charge in [0.2, 0.25) is 11.8 Å². The molecule has 2 amide bonds. The number of rotatable bonds is 6. The van der Waals surface area contributed by atoms with Crippen LogP contribution in [-0.4, -0.2) is 60.9 Å². The van der Waals surface area contributed by atoms with E-state index in [1.165, 1.54) is 19.3 Å². The first-order valence-electron chi connectivity index (χ1n) is 10.3. The lowest BCUT2D eigenvalue weighted by molar-refractivity contribution is -0.135. The molecular formula is C19H34IN5O2. The fraction of sp³-hybridized carbons (Fsp3) is 0.842. The Balaban J connectivity index is 0.00000261. The minimum atomic E-state index is -0.0229. The van der Waals surface area contributed by atoms with Gasteiger partial charge in [0.25, 0.3) is 0 Å². The number of likely N-dealkylation sites (tertiary alicyclic amines) is 1. The van der Waals surface area contributed by atoms with Crippen molar-refractivity contribution >= 4 is 41.8 Å². The average molecular weight is 491 g/mol. The molecule has 0 aromatic rings. The van der Waals surface area contributed by atoms with E-state index in [9.17, 15) is 9.59 Å². The predicted molar refractivity (Wildman–Crippen MR) is 117 cm³/mol. The van der Waals surface area contributed by atoms with E-state index in [-0.39, 0.29) is 48.4 Å². The van der Waals surface area contributed by atoms with Crippen molar-refractivity contribution in [3.8, 4) is 0 Å². The van der Waals surface area contributed by atoms with Crippen LogP contribution in [0, 0.1) is 5.92 Å². The van der Waals surface area contributed by atoms with E-state index in [2.05, 4.69) is 20.9 Å². The number of hydrogen-bond acceptors (Lipinski definition) is 3. The Morgan fingerprint density at radius 1 is 1.00 bits per heavy atom. The maximum absolute atomic E-state index is 12.7. The minimum Gasteiger partial charge on any atom is -0.357 e. The zero-order valence-electron chi connectivity index (χ0n) is 16.3. The number of carbonyl (C=O) groups excluding carboxylic acids is 2. The molecule has 2 saturated carbocycles. The van der Waals surface area contributed by atoms with Gasteiger partial charge in [0.1, 0.15) is 6.54 Å². The molecule has 0 aromatic carbocycles. The molecule has 3 aliphatic rings. The summed E-state index contributed by atoms with van der Waals surface area (Å²) in [4.78, 5) is 30.9. The maximum Gasteiger partial charge on any atom is 0.242 e. The van der Waals surface area contributed by atoms with Crippen LogP contribution in [0.4, 0.5) is 0 Å². The molecule has 27 heavy (non-hydrogen) atoms. The van der Waals surface area contributed by atoms with E-state index in [0.717, 1.165) is 51.7 Å². The topological polar surface area (TPSA) is 85.8 Å². The van der Waals surface area contributed by atoms with Gasteiger partial charge in [-0.3, -0.25) is 9.59 Å². The zero-order chi connectivity index (χ0) is 18.4. The largest absolute Gasteiger partial charge is 0.357 e. The van der Waals surface area contributed by atoms with Crippen LogP contribution in [0.15, 0.2) is 4.99 Å². The van der Waals surface area contributed by atoms with Gasteiger partial charge in [-0.15, -0.1) is 24.0 Å². The van der Waals surface area contributed by atoms with E-state index in [1.54, 1.807) is 0 Å². The molecular weight excluding hydrogens is 457 g/mol. The van der Waals surface area contributed by atoms with Crippen LogP contribution in [0.5, 0.6) is 0 Å². The highest BCUT2D eigenvalue weighted by Crippen LogP contribution is 2.26. The average Bonchev–Trinajstić information content (AvgIpc) is 3.35. The summed E-state index contributed by atoms with van der Waals surface area (Å²) in [5, 5.41) is 9.54. The molecule has 1 unspecified atom stereocenters. The van der Waals surface area contributed by atoms with Crippen LogP contribution >= 0.6 is 24.0 Å². The van der Waals surface area contributed by atoms with Gasteiger partial charge in [0.05, 0.1) is 0 Å². The van der Waals surface area contributed by atoms with Gasteiger partial charge in [-0.05, 0) is 39.0 Å². The van der Waals surface area contributed by atoms with E-state index >= 15 is 0 Å². The van der Waals surface area contributed by atoms with Gasteiger partial charge >= 0.3 is 0 Å². The molecule has 0 bridgehead atoms. The molecule has 0 spiro atoms. The second kappa shape index (κ2) is 11.1. The van der Waals surface area contributed by atoms with Crippen molar-refractivity contribution in [1.29, 1.82) is 0 Å². The second-order valence-electron chi connectivity index (χ2n) is 7.79. The number of halogens is 1. The van der Waals surface area contributed by atoms with Crippen LogP contribution in [0.3, 0.4) is 0 Å². The van der Waals surface area contributed by atoms with Gasteiger partial charge < -0.3 is 20.9 Å². The van der Waals surface area contributed by atoms with E-state index < -0.39 is 0 Å². The summed E-state index contributed by atoms with van der Waals surface area (Å²) in [6.07, 6.45) is 8.84. The lowest BCUT2D eigenvalue weighted by Crippen LogP contribution is -2.46. The molecule has 3 fully saturated rings. The van der Waals surface area contributed by atoms with Crippen LogP contribution < -0.4 is 16.0 Å². The molecule has 2 aliphatic carbocycles. The number of aliphatic imine (C=N–C) groups is 1. The SMILES string of the molecule is CCNC(=NCC(=O)NC1CC1)NC1CCN(C(=O)C2CCCCC2)C1.I. The van der Waals surface area contributed by atoms with Crippen LogP contribution in [0.1, 0.15) is 58.3 Å². The Morgan fingerprint density at radius 2 is 1.74 bits per heavy atom. The van der Waals surface area contributed by atoms with Crippen molar-refractivity contribution in [1.82, 2.24) is 20.9 Å². The van der Waals surface area contributed by atoms with Crippen molar-refractivity contribution in [3.63, 3.8) is 0 Å². The van der Waals surface area contributed by atoms with Crippen molar-refractivity contribution in [3.05, 3.63) is 0 Å². The van der Waals surface area contributed by atoms with Crippen molar-refractivity contribution in [2.45, 2.75) is 70.4 Å². The lowest BCUT2D eigenvalue weighted by atomic mass is 9.88. The molecule has 0 aromatic heterocycles. The number of hydrogen-bond donors (Lipinski definition) is 3. The number of nitrogens with zero attached hydrogens (tertiary/aromatic N) is 2. The summed E-state index contributed by atoms with van der Waals surface area (Å²) < 4.78 is 0. The minimum absolute atomic E-state index is 0. The summed E-state index contributed by atoms with van der Waals surface area (Å²) in [7, 11) is 0. The fourth-order valence-corrected chi connectivity index (χ4v) is 3.85. The van der Waals surface area contributed by atoms with Gasteiger partial charge in [-0.2, -0.15) is 0 Å². The number of guanidine groups is 1. The van der Waals surface area contributed by atoms with Crippen LogP contribution in [-0.2, 0) is 9.59 Å². The predicted octanol–water partition coefficient (Wildman–Crippen LogP) is 1.62. The van der Waals surface area contributed by atoms with Crippen LogP contribution in [0.2, 0.25) is 0 Å². The Kier molecular flexibility index (Phi) is 9.11. The van der Waals surface area contributed by atoms with Gasteiger partial charge in [-0.1, -0.05) is 19.3 Å². The monoisotopic (exact) mass is 491 g/mol. The molecule has 1 heterocycles. The molecule has 3 rings (SSSR count). The van der Waals surface area contributed by atoms with Crippen molar-refractivity contribution in [2.75, 3.05) is 26.2 Å². The van der Waals surface area contributed by atoms with Crippen LogP contribution in [0.25, 0.3) is 0 Å². The first-order valence-corrected chi connectivity index (χ1v) is 10.3. The van der Waals surface area contributed by atoms with E-state index in [1.807, 2.05) is 11.8 Å². The Hall–Kier alpha value is -1.06. The quantitative estimate of drug-likeness (QED) is 0.300. The molecule has 154 valence electrons. The Morgan fingerprint density at radius 3 is 2.41 bits per heavy atom. The second-order valence-corrected chi connectivity index (χ2v) is 7.79. The summed E-state index contributed by atoms with van der Waals surface area (Å²) >= 11 is 0. The molecule has 7 nitrogen and oxygen atoms in total. The van der Waals surface area contributed by atoms with Gasteiger partial charge in [0.15, 0.2) is 5.96 Å². The smallest absolute Gasteiger partial charge is 0.242 e. The number of amides is 2. The molecule has 1 saturated heterocycles. The molecule has 1 aliphatic heterocycles. The summed E-state index contributed by atoms with van der Waals surface area (Å²) in [5.74, 6) is 1.20. The molecule has 8 heteroatoms. The van der Waals surface area contributed by atoms with Crippen molar-refractivity contribution in [2.24, 2.45) is 10.9 Å². The normalized spacial score (nSPS) is 23.5. The zero-order valence-corrected chi connectivity index (χ0v) is 18.7. The van der Waals surface area contributed by atoms with Gasteiger partial charge in [-0.25, -0.2) is 4.99 Å². The summed E-state index contributed by atoms with van der Waals surface area (Å²) in [6.45, 7) is 4.44. The number of nitrogens with one attached hydrogen (secondary N) is 3. The maximum atomic E-state index is 12.7. The summed E-state index contributed by atoms with van der Waals surface area (Å²) in [5.41, 5.74) is 0. The fourth-order valence-electron chi connectivity index (χ4n) is 3.85. The highest BCUT2D eigenvalue weighted by atomic mass is 127. The van der Waals surface area contributed by atoms with E-state index in [4.69, 9.17) is 0 Å². The van der Waals surface area contributed by atoms with Gasteiger partial charge in [0, 0.05) is 37.6 Å². The third-order valence-corrected chi connectivity index (χ3v) is 5.46. The van der Waals surface area contributed by atoms with Crippen molar-refractivity contribution < 1.29 is 9.59 Å². The third-order valence-electron chi connectivity index (χ3n) is 5.46. The standard InChI is InChI=1S/C19H33N5O2.HI/c1-2-20-19(21-12-17(25)22-15-8-9-15)23-16-10-11-24(13-16)18(26)14-6-4-3-5-7-14;/h14-16H,2-13H2,1H3,(H,22,25)(H2,20,21,23);1H. The Bertz CT molecular complexity index is 532. The molecule has 1 atom stereocenters. The third kappa shape index (κ3) is 7.12. The van der Waals surface area contributed by atoms with E-state index in [0.29, 0.717) is 17.9 Å².